The summed E-state index contributed by atoms with van der Waals surface area (Å²) in [6.45, 7) is 4.87. The van der Waals surface area contributed by atoms with Gasteiger partial charge in [0.2, 0.25) is 0 Å². The molecule has 1 fully saturated rings. The first-order chi connectivity index (χ1) is 7.27. The summed E-state index contributed by atoms with van der Waals surface area (Å²) >= 11 is 0. The minimum Gasteiger partial charge on any atom is -0.392 e. The lowest BCUT2D eigenvalue weighted by atomic mass is 10.1. The van der Waals surface area contributed by atoms with Crippen LogP contribution in [0.3, 0.4) is 0 Å². The fourth-order valence-corrected chi connectivity index (χ4v) is 2.43. The van der Waals surface area contributed by atoms with Crippen molar-refractivity contribution < 1.29 is 5.11 Å². The van der Waals surface area contributed by atoms with Crippen molar-refractivity contribution in [2.75, 3.05) is 19.6 Å². The van der Waals surface area contributed by atoms with Crippen LogP contribution in [0.15, 0.2) is 0 Å². The van der Waals surface area contributed by atoms with Gasteiger partial charge in [-0.2, -0.15) is 0 Å². The van der Waals surface area contributed by atoms with Crippen molar-refractivity contribution in [3.63, 3.8) is 0 Å². The van der Waals surface area contributed by atoms with Crippen LogP contribution in [0.4, 0.5) is 0 Å². The fourth-order valence-electron chi connectivity index (χ4n) is 2.43. The van der Waals surface area contributed by atoms with Gasteiger partial charge in [0.25, 0.3) is 0 Å². The second-order valence-corrected chi connectivity index (χ2v) is 4.63. The van der Waals surface area contributed by atoms with Crippen LogP contribution in [0.5, 0.6) is 0 Å². The monoisotopic (exact) mass is 214 g/mol. The summed E-state index contributed by atoms with van der Waals surface area (Å²) in [6, 6.07) is 0.734. The molecule has 0 saturated carbocycles. The van der Waals surface area contributed by atoms with Crippen LogP contribution in [0, 0.1) is 0 Å². The summed E-state index contributed by atoms with van der Waals surface area (Å²) in [6.07, 6.45) is 7.13. The standard InChI is InChI=1S/C12H26N2O/c1-2-11-6-4-3-5-8-14(11)9-7-12(15)10-13/h11-12,15H,2-10,13H2,1H3. The molecule has 90 valence electrons. The Kier molecular flexibility index (Phi) is 6.22. The molecule has 1 aliphatic heterocycles. The maximum absolute atomic E-state index is 9.47. The van der Waals surface area contributed by atoms with Crippen LogP contribution in [-0.2, 0) is 0 Å². The number of hydrogen-bond acceptors (Lipinski definition) is 3. The number of nitrogens with zero attached hydrogens (tertiary/aromatic N) is 1. The van der Waals surface area contributed by atoms with Gasteiger partial charge in [0.15, 0.2) is 0 Å². The van der Waals surface area contributed by atoms with Crippen LogP contribution in [0.2, 0.25) is 0 Å². The quantitative estimate of drug-likeness (QED) is 0.726. The Hall–Kier alpha value is -0.120. The van der Waals surface area contributed by atoms with Crippen LogP contribution < -0.4 is 5.73 Å². The molecule has 1 rings (SSSR count). The molecule has 0 radical (unpaired) electrons. The molecule has 0 aromatic heterocycles. The molecule has 2 unspecified atom stereocenters. The fraction of sp³-hybridized carbons (Fsp3) is 1.00. The molecule has 3 nitrogen and oxygen atoms in total. The average molecular weight is 214 g/mol. The number of aliphatic hydroxyl groups excluding tert-OH is 1. The van der Waals surface area contributed by atoms with Gasteiger partial charge < -0.3 is 15.7 Å². The highest BCUT2D eigenvalue weighted by atomic mass is 16.3. The van der Waals surface area contributed by atoms with E-state index in [2.05, 4.69) is 11.8 Å². The van der Waals surface area contributed by atoms with E-state index in [4.69, 9.17) is 5.73 Å². The van der Waals surface area contributed by atoms with Crippen molar-refractivity contribution in [1.82, 2.24) is 4.90 Å². The van der Waals surface area contributed by atoms with Gasteiger partial charge >= 0.3 is 0 Å². The number of aliphatic hydroxyl groups is 1. The highest BCUT2D eigenvalue weighted by molar-refractivity contribution is 4.75. The van der Waals surface area contributed by atoms with Crippen LogP contribution in [0.25, 0.3) is 0 Å². The SMILES string of the molecule is CCC1CCCCCN1CCC(O)CN. The van der Waals surface area contributed by atoms with E-state index in [1.165, 1.54) is 38.6 Å². The molecule has 1 aliphatic rings. The Morgan fingerprint density at radius 3 is 2.87 bits per heavy atom. The summed E-state index contributed by atoms with van der Waals surface area (Å²) in [4.78, 5) is 2.55. The summed E-state index contributed by atoms with van der Waals surface area (Å²) in [7, 11) is 0. The van der Waals surface area contributed by atoms with Crippen molar-refractivity contribution in [2.45, 2.75) is 57.6 Å². The van der Waals surface area contributed by atoms with Crippen molar-refractivity contribution in [3.05, 3.63) is 0 Å². The van der Waals surface area contributed by atoms with E-state index in [-0.39, 0.29) is 6.10 Å². The molecule has 1 saturated heterocycles. The molecule has 0 bridgehead atoms. The highest BCUT2D eigenvalue weighted by Gasteiger charge is 2.19. The van der Waals surface area contributed by atoms with E-state index in [1.807, 2.05) is 0 Å². The number of likely N-dealkylation sites (tertiary alicyclic amines) is 1. The van der Waals surface area contributed by atoms with E-state index in [1.54, 1.807) is 0 Å². The zero-order valence-corrected chi connectivity index (χ0v) is 9.99. The minimum atomic E-state index is -0.314. The third-order valence-corrected chi connectivity index (χ3v) is 3.49. The second-order valence-electron chi connectivity index (χ2n) is 4.63. The Balaban J connectivity index is 2.34. The third-order valence-electron chi connectivity index (χ3n) is 3.49. The maximum atomic E-state index is 9.47. The van der Waals surface area contributed by atoms with Crippen LogP contribution >= 0.6 is 0 Å². The molecule has 2 atom stereocenters. The van der Waals surface area contributed by atoms with Gasteiger partial charge in [-0.05, 0) is 32.2 Å². The van der Waals surface area contributed by atoms with E-state index in [0.29, 0.717) is 6.54 Å². The lowest BCUT2D eigenvalue weighted by Crippen LogP contribution is -2.37. The van der Waals surface area contributed by atoms with Gasteiger partial charge in [0.1, 0.15) is 0 Å². The van der Waals surface area contributed by atoms with E-state index >= 15 is 0 Å². The molecular formula is C12H26N2O. The first-order valence-electron chi connectivity index (χ1n) is 6.40. The van der Waals surface area contributed by atoms with Crippen molar-refractivity contribution in [3.8, 4) is 0 Å². The summed E-state index contributed by atoms with van der Waals surface area (Å²) < 4.78 is 0. The van der Waals surface area contributed by atoms with Gasteiger partial charge in [-0.15, -0.1) is 0 Å². The maximum Gasteiger partial charge on any atom is 0.0674 e. The lowest BCUT2D eigenvalue weighted by molar-refractivity contribution is 0.127. The Morgan fingerprint density at radius 1 is 1.40 bits per heavy atom. The van der Waals surface area contributed by atoms with Gasteiger partial charge in [-0.3, -0.25) is 0 Å². The van der Waals surface area contributed by atoms with Crippen LogP contribution in [0.1, 0.15) is 45.4 Å². The Morgan fingerprint density at radius 2 is 2.20 bits per heavy atom. The third kappa shape index (κ3) is 4.49. The lowest BCUT2D eigenvalue weighted by Gasteiger charge is -2.29. The topological polar surface area (TPSA) is 49.5 Å². The number of rotatable bonds is 5. The van der Waals surface area contributed by atoms with E-state index in [0.717, 1.165) is 19.0 Å². The minimum absolute atomic E-state index is 0.314. The zero-order valence-electron chi connectivity index (χ0n) is 9.99. The first-order valence-corrected chi connectivity index (χ1v) is 6.40. The number of hydrogen-bond donors (Lipinski definition) is 2. The van der Waals surface area contributed by atoms with Gasteiger partial charge in [0.05, 0.1) is 6.10 Å². The summed E-state index contributed by atoms with van der Waals surface area (Å²) in [5.74, 6) is 0. The average Bonchev–Trinajstić information content (AvgIpc) is 2.50. The molecular weight excluding hydrogens is 188 g/mol. The van der Waals surface area contributed by atoms with Gasteiger partial charge in [0, 0.05) is 19.1 Å². The Labute approximate surface area is 93.6 Å². The smallest absolute Gasteiger partial charge is 0.0674 e. The molecule has 0 aromatic rings. The molecule has 3 heteroatoms. The van der Waals surface area contributed by atoms with Crippen molar-refractivity contribution in [2.24, 2.45) is 5.73 Å². The second kappa shape index (κ2) is 7.20. The van der Waals surface area contributed by atoms with Crippen LogP contribution in [-0.4, -0.2) is 41.8 Å². The molecule has 0 aliphatic carbocycles. The van der Waals surface area contributed by atoms with Gasteiger partial charge in [-0.1, -0.05) is 19.8 Å². The Bertz CT molecular complexity index is 164. The number of nitrogens with two attached hydrogens (primary N) is 1. The van der Waals surface area contributed by atoms with E-state index in [9.17, 15) is 5.11 Å². The molecule has 1 heterocycles. The highest BCUT2D eigenvalue weighted by Crippen LogP contribution is 2.19. The summed E-state index contributed by atoms with van der Waals surface area (Å²) in [5, 5.41) is 9.47. The predicted octanol–water partition coefficient (Wildman–Crippen LogP) is 1.35. The molecule has 0 spiro atoms. The van der Waals surface area contributed by atoms with Crippen molar-refractivity contribution >= 4 is 0 Å². The summed E-state index contributed by atoms with van der Waals surface area (Å²) in [5.41, 5.74) is 5.42. The molecule has 3 N–H and O–H groups in total. The first kappa shape index (κ1) is 12.9. The molecule has 0 aromatic carbocycles. The van der Waals surface area contributed by atoms with Crippen molar-refractivity contribution in [1.29, 1.82) is 0 Å². The van der Waals surface area contributed by atoms with E-state index < -0.39 is 0 Å². The predicted molar refractivity (Wildman–Crippen MR) is 63.8 cm³/mol. The molecule has 0 amide bonds. The normalized spacial score (nSPS) is 26.2. The zero-order chi connectivity index (χ0) is 11.1. The van der Waals surface area contributed by atoms with Gasteiger partial charge in [-0.25, -0.2) is 0 Å². The molecule has 15 heavy (non-hydrogen) atoms. The largest absolute Gasteiger partial charge is 0.392 e.